The van der Waals surface area contributed by atoms with Crippen molar-refractivity contribution in [2.45, 2.75) is 16.8 Å². The fourth-order valence-electron chi connectivity index (χ4n) is 1.29. The summed E-state index contributed by atoms with van der Waals surface area (Å²) in [6.07, 6.45) is 1.58. The number of carbonyl (C=O) groups is 1. The van der Waals surface area contributed by atoms with Gasteiger partial charge in [-0.15, -0.1) is 0 Å². The van der Waals surface area contributed by atoms with Crippen LogP contribution in [-0.2, 0) is 0 Å². The number of halogens is 1. The van der Waals surface area contributed by atoms with E-state index in [4.69, 9.17) is 11.6 Å². The van der Waals surface area contributed by atoms with Crippen molar-refractivity contribution in [3.8, 4) is 0 Å². The molecule has 1 aromatic carbocycles. The molecule has 0 aliphatic heterocycles. The molecule has 0 aliphatic rings. The molecule has 0 bridgehead atoms. The predicted octanol–water partition coefficient (Wildman–Crippen LogP) is 4.09. The van der Waals surface area contributed by atoms with E-state index in [1.165, 1.54) is 18.7 Å². The van der Waals surface area contributed by atoms with Crippen LogP contribution in [0, 0.1) is 0 Å². The zero-order chi connectivity index (χ0) is 12.3. The minimum atomic E-state index is 0.0202. The van der Waals surface area contributed by atoms with Crippen LogP contribution >= 0.6 is 23.4 Å². The van der Waals surface area contributed by atoms with E-state index in [0.717, 1.165) is 9.92 Å². The zero-order valence-electron chi connectivity index (χ0n) is 9.18. The lowest BCUT2D eigenvalue weighted by Crippen LogP contribution is -1.92. The molecule has 2 rings (SSSR count). The lowest BCUT2D eigenvalue weighted by molar-refractivity contribution is 0.101. The largest absolute Gasteiger partial charge is 0.294 e. The SMILES string of the molecule is CC(=O)c1ccc(Sc2ccccc2Cl)nc1. The number of pyridine rings is 1. The summed E-state index contributed by atoms with van der Waals surface area (Å²) < 4.78 is 0. The van der Waals surface area contributed by atoms with Gasteiger partial charge in [-0.2, -0.15) is 0 Å². The number of nitrogens with zero attached hydrogens (tertiary/aromatic N) is 1. The van der Waals surface area contributed by atoms with Gasteiger partial charge in [0.25, 0.3) is 0 Å². The van der Waals surface area contributed by atoms with Gasteiger partial charge in [0.05, 0.1) is 5.02 Å². The van der Waals surface area contributed by atoms with Crippen molar-refractivity contribution in [2.75, 3.05) is 0 Å². The van der Waals surface area contributed by atoms with E-state index >= 15 is 0 Å². The van der Waals surface area contributed by atoms with Crippen molar-refractivity contribution in [3.05, 3.63) is 53.2 Å². The van der Waals surface area contributed by atoms with Crippen LogP contribution in [0.4, 0.5) is 0 Å². The highest BCUT2D eigenvalue weighted by atomic mass is 35.5. The minimum absolute atomic E-state index is 0.0202. The number of aromatic nitrogens is 1. The summed E-state index contributed by atoms with van der Waals surface area (Å²) in [6.45, 7) is 1.53. The van der Waals surface area contributed by atoms with Gasteiger partial charge in [0.15, 0.2) is 5.78 Å². The standard InChI is InChI=1S/C13H10ClNOS/c1-9(16)10-6-7-13(15-8-10)17-12-5-3-2-4-11(12)14/h2-8H,1H3. The first-order valence-corrected chi connectivity index (χ1v) is 6.25. The zero-order valence-corrected chi connectivity index (χ0v) is 10.8. The van der Waals surface area contributed by atoms with Crippen LogP contribution < -0.4 is 0 Å². The summed E-state index contributed by atoms with van der Waals surface area (Å²) in [4.78, 5) is 16.3. The summed E-state index contributed by atoms with van der Waals surface area (Å²) in [5, 5.41) is 1.53. The average Bonchev–Trinajstić information content (AvgIpc) is 2.33. The summed E-state index contributed by atoms with van der Waals surface area (Å²) in [6, 6.07) is 11.2. The van der Waals surface area contributed by atoms with Gasteiger partial charge in [0.1, 0.15) is 5.03 Å². The second-order valence-corrected chi connectivity index (χ2v) is 4.94. The van der Waals surface area contributed by atoms with Crippen molar-refractivity contribution >= 4 is 29.1 Å². The summed E-state index contributed by atoms with van der Waals surface area (Å²) >= 11 is 7.53. The molecule has 2 nitrogen and oxygen atoms in total. The van der Waals surface area contributed by atoms with Crippen molar-refractivity contribution in [1.29, 1.82) is 0 Å². The maximum absolute atomic E-state index is 11.1. The van der Waals surface area contributed by atoms with Crippen LogP contribution in [0.3, 0.4) is 0 Å². The van der Waals surface area contributed by atoms with Gasteiger partial charge in [-0.3, -0.25) is 4.79 Å². The average molecular weight is 264 g/mol. The number of benzene rings is 1. The Balaban J connectivity index is 2.20. The van der Waals surface area contributed by atoms with E-state index in [1.54, 1.807) is 12.3 Å². The second-order valence-electron chi connectivity index (χ2n) is 3.47. The molecule has 0 atom stereocenters. The molecule has 1 heterocycles. The van der Waals surface area contributed by atoms with Crippen LogP contribution in [0.5, 0.6) is 0 Å². The lowest BCUT2D eigenvalue weighted by Gasteiger charge is -2.03. The molecule has 2 aromatic rings. The maximum Gasteiger partial charge on any atom is 0.161 e. The third-order valence-electron chi connectivity index (χ3n) is 2.19. The Morgan fingerprint density at radius 3 is 2.59 bits per heavy atom. The van der Waals surface area contributed by atoms with Crippen molar-refractivity contribution in [2.24, 2.45) is 0 Å². The fourth-order valence-corrected chi connectivity index (χ4v) is 2.32. The number of Topliss-reactive ketones (excluding diaryl/α,β-unsaturated/α-hetero) is 1. The highest BCUT2D eigenvalue weighted by Crippen LogP contribution is 2.31. The number of hydrogen-bond acceptors (Lipinski definition) is 3. The monoisotopic (exact) mass is 263 g/mol. The topological polar surface area (TPSA) is 30.0 Å². The molecular formula is C13H10ClNOS. The summed E-state index contributed by atoms with van der Waals surface area (Å²) in [5.41, 5.74) is 0.619. The first-order chi connectivity index (χ1) is 8.16. The van der Waals surface area contributed by atoms with E-state index in [9.17, 15) is 4.79 Å². The van der Waals surface area contributed by atoms with E-state index in [0.29, 0.717) is 10.6 Å². The van der Waals surface area contributed by atoms with E-state index in [2.05, 4.69) is 4.98 Å². The summed E-state index contributed by atoms with van der Waals surface area (Å²) in [5.74, 6) is 0.0202. The molecule has 0 N–H and O–H groups in total. The Bertz CT molecular complexity index is 539. The molecule has 4 heteroatoms. The van der Waals surface area contributed by atoms with Gasteiger partial charge < -0.3 is 0 Å². The quantitative estimate of drug-likeness (QED) is 0.782. The van der Waals surface area contributed by atoms with Gasteiger partial charge in [-0.1, -0.05) is 35.5 Å². The first kappa shape index (κ1) is 12.1. The van der Waals surface area contributed by atoms with Gasteiger partial charge in [-0.25, -0.2) is 4.98 Å². The molecule has 86 valence electrons. The molecule has 0 fully saturated rings. The number of rotatable bonds is 3. The molecular weight excluding hydrogens is 254 g/mol. The van der Waals surface area contributed by atoms with Crippen LogP contribution in [0.1, 0.15) is 17.3 Å². The lowest BCUT2D eigenvalue weighted by atomic mass is 10.2. The Kier molecular flexibility index (Phi) is 3.82. The molecule has 0 radical (unpaired) electrons. The second kappa shape index (κ2) is 5.34. The van der Waals surface area contributed by atoms with Crippen LogP contribution in [0.15, 0.2) is 52.5 Å². The Morgan fingerprint density at radius 2 is 2.00 bits per heavy atom. The molecule has 0 amide bonds. The van der Waals surface area contributed by atoms with Crippen molar-refractivity contribution in [3.63, 3.8) is 0 Å². The van der Waals surface area contributed by atoms with Crippen molar-refractivity contribution < 1.29 is 4.79 Å². The number of ketones is 1. The van der Waals surface area contributed by atoms with Crippen molar-refractivity contribution in [1.82, 2.24) is 4.98 Å². The third kappa shape index (κ3) is 3.08. The van der Waals surface area contributed by atoms with Crippen LogP contribution in [0.25, 0.3) is 0 Å². The molecule has 0 saturated carbocycles. The van der Waals surface area contributed by atoms with Crippen LogP contribution in [0.2, 0.25) is 5.02 Å². The smallest absolute Gasteiger partial charge is 0.161 e. The minimum Gasteiger partial charge on any atom is -0.294 e. The molecule has 1 aromatic heterocycles. The highest BCUT2D eigenvalue weighted by Gasteiger charge is 2.04. The molecule has 0 saturated heterocycles. The summed E-state index contributed by atoms with van der Waals surface area (Å²) in [7, 11) is 0. The Morgan fingerprint density at radius 1 is 1.24 bits per heavy atom. The number of carbonyl (C=O) groups excluding carboxylic acids is 1. The number of hydrogen-bond donors (Lipinski definition) is 0. The van der Waals surface area contributed by atoms with Gasteiger partial charge in [0.2, 0.25) is 0 Å². The van der Waals surface area contributed by atoms with E-state index in [-0.39, 0.29) is 5.78 Å². The van der Waals surface area contributed by atoms with E-state index < -0.39 is 0 Å². The Hall–Kier alpha value is -1.32. The molecule has 17 heavy (non-hydrogen) atoms. The normalized spacial score (nSPS) is 10.2. The van der Waals surface area contributed by atoms with Gasteiger partial charge in [-0.05, 0) is 31.2 Å². The fraction of sp³-hybridized carbons (Fsp3) is 0.0769. The first-order valence-electron chi connectivity index (χ1n) is 5.06. The molecule has 0 aliphatic carbocycles. The van der Waals surface area contributed by atoms with Gasteiger partial charge >= 0.3 is 0 Å². The maximum atomic E-state index is 11.1. The molecule has 0 unspecified atom stereocenters. The third-order valence-corrected chi connectivity index (χ3v) is 3.66. The highest BCUT2D eigenvalue weighted by molar-refractivity contribution is 7.99. The molecule has 0 spiro atoms. The van der Waals surface area contributed by atoms with E-state index in [1.807, 2.05) is 30.3 Å². The Labute approximate surface area is 109 Å². The van der Waals surface area contributed by atoms with Crippen LogP contribution in [-0.4, -0.2) is 10.8 Å². The predicted molar refractivity (Wildman–Crippen MR) is 69.8 cm³/mol. The van der Waals surface area contributed by atoms with Gasteiger partial charge in [0, 0.05) is 16.7 Å².